The predicted octanol–water partition coefficient (Wildman–Crippen LogP) is 1.58. The number of hydrogen-bond acceptors (Lipinski definition) is 5. The summed E-state index contributed by atoms with van der Waals surface area (Å²) < 4.78 is 1.67. The number of hydrogen-bond donors (Lipinski definition) is 1. The van der Waals surface area contributed by atoms with Gasteiger partial charge in [-0.05, 0) is 25.5 Å². The lowest BCUT2D eigenvalue weighted by Gasteiger charge is -2.15. The van der Waals surface area contributed by atoms with E-state index < -0.39 is 0 Å². The summed E-state index contributed by atoms with van der Waals surface area (Å²) >= 11 is 0. The second-order valence-electron chi connectivity index (χ2n) is 6.38. The number of rotatable bonds is 3. The summed E-state index contributed by atoms with van der Waals surface area (Å²) in [5, 5.41) is 18.6. The van der Waals surface area contributed by atoms with E-state index >= 15 is 0 Å². The highest BCUT2D eigenvalue weighted by Gasteiger charge is 2.29. The molecule has 4 rings (SSSR count). The summed E-state index contributed by atoms with van der Waals surface area (Å²) in [7, 11) is 0. The van der Waals surface area contributed by atoms with E-state index in [1.807, 2.05) is 37.3 Å². The third kappa shape index (κ3) is 2.66. The third-order valence-corrected chi connectivity index (χ3v) is 4.77. The normalized spacial score (nSPS) is 17.4. The Morgan fingerprint density at radius 3 is 2.96 bits per heavy atom. The molecule has 2 aromatic heterocycles. The van der Waals surface area contributed by atoms with Gasteiger partial charge in [0.15, 0.2) is 5.69 Å². The Balaban J connectivity index is 1.71. The summed E-state index contributed by atoms with van der Waals surface area (Å²) in [5.74, 6) is 0.0227. The topological polar surface area (TPSA) is 84.1 Å². The number of carbonyl (C=O) groups excluding carboxylic acids is 1. The Kier molecular flexibility index (Phi) is 3.93. The van der Waals surface area contributed by atoms with Crippen molar-refractivity contribution < 1.29 is 9.90 Å². The molecule has 1 aliphatic rings. The van der Waals surface area contributed by atoms with Crippen molar-refractivity contribution in [1.82, 2.24) is 24.9 Å². The SMILES string of the molecule is Cc1c(C(=O)N2CCC(CO)C2)nnn1-c1cccc2cccnc12. The van der Waals surface area contributed by atoms with Gasteiger partial charge in [-0.3, -0.25) is 9.78 Å². The smallest absolute Gasteiger partial charge is 0.276 e. The highest BCUT2D eigenvalue weighted by atomic mass is 16.3. The summed E-state index contributed by atoms with van der Waals surface area (Å²) in [6, 6.07) is 9.73. The Morgan fingerprint density at radius 1 is 1.32 bits per heavy atom. The molecule has 1 aliphatic heterocycles. The van der Waals surface area contributed by atoms with Crippen LogP contribution in [0.5, 0.6) is 0 Å². The molecule has 1 unspecified atom stereocenters. The minimum absolute atomic E-state index is 0.108. The fourth-order valence-electron chi connectivity index (χ4n) is 3.33. The number of nitrogens with zero attached hydrogens (tertiary/aromatic N) is 5. The standard InChI is InChI=1S/C18H19N5O2/c1-12-16(18(25)22-9-7-13(10-22)11-24)20-21-23(12)15-6-2-4-14-5-3-8-19-17(14)15/h2-6,8,13,24H,7,9-11H2,1H3. The Morgan fingerprint density at radius 2 is 2.16 bits per heavy atom. The van der Waals surface area contributed by atoms with Crippen molar-refractivity contribution in [3.8, 4) is 5.69 Å². The van der Waals surface area contributed by atoms with Crippen molar-refractivity contribution in [1.29, 1.82) is 0 Å². The summed E-state index contributed by atoms with van der Waals surface area (Å²) in [6.07, 6.45) is 2.56. The van der Waals surface area contributed by atoms with Crippen molar-refractivity contribution in [3.05, 3.63) is 47.9 Å². The minimum Gasteiger partial charge on any atom is -0.396 e. The fourth-order valence-corrected chi connectivity index (χ4v) is 3.33. The van der Waals surface area contributed by atoms with Crippen LogP contribution in [0, 0.1) is 12.8 Å². The molecule has 7 nitrogen and oxygen atoms in total. The summed E-state index contributed by atoms with van der Waals surface area (Å²) in [4.78, 5) is 18.9. The van der Waals surface area contributed by atoms with Gasteiger partial charge in [-0.1, -0.05) is 23.4 Å². The largest absolute Gasteiger partial charge is 0.396 e. The van der Waals surface area contributed by atoms with Crippen LogP contribution in [0.15, 0.2) is 36.5 Å². The molecule has 3 heterocycles. The number of aliphatic hydroxyl groups excluding tert-OH is 1. The summed E-state index contributed by atoms with van der Waals surface area (Å²) in [5.41, 5.74) is 2.66. The van der Waals surface area contributed by atoms with E-state index in [1.165, 1.54) is 0 Å². The number of likely N-dealkylation sites (tertiary alicyclic amines) is 1. The molecule has 1 N–H and O–H groups in total. The first-order valence-electron chi connectivity index (χ1n) is 8.35. The van der Waals surface area contributed by atoms with E-state index in [4.69, 9.17) is 0 Å². The van der Waals surface area contributed by atoms with Crippen molar-refractivity contribution in [2.45, 2.75) is 13.3 Å². The zero-order valence-corrected chi connectivity index (χ0v) is 14.0. The van der Waals surface area contributed by atoms with E-state index in [1.54, 1.807) is 15.8 Å². The van der Waals surface area contributed by atoms with E-state index in [0.717, 1.165) is 23.0 Å². The lowest BCUT2D eigenvalue weighted by atomic mass is 10.1. The monoisotopic (exact) mass is 337 g/mol. The number of carbonyl (C=O) groups is 1. The molecule has 0 bridgehead atoms. The minimum atomic E-state index is -0.132. The van der Waals surface area contributed by atoms with Gasteiger partial charge >= 0.3 is 0 Å². The van der Waals surface area contributed by atoms with Gasteiger partial charge in [0.2, 0.25) is 0 Å². The maximum absolute atomic E-state index is 12.8. The quantitative estimate of drug-likeness (QED) is 0.784. The predicted molar refractivity (Wildman–Crippen MR) is 92.5 cm³/mol. The van der Waals surface area contributed by atoms with Crippen molar-refractivity contribution in [2.75, 3.05) is 19.7 Å². The molecule has 1 fully saturated rings. The molecule has 1 amide bonds. The van der Waals surface area contributed by atoms with Crippen LogP contribution in [0.3, 0.4) is 0 Å². The average Bonchev–Trinajstić information content (AvgIpc) is 3.27. The van der Waals surface area contributed by atoms with Crippen LogP contribution in [0.25, 0.3) is 16.6 Å². The lowest BCUT2D eigenvalue weighted by Crippen LogP contribution is -2.30. The number of para-hydroxylation sites is 1. The molecule has 0 aliphatic carbocycles. The van der Waals surface area contributed by atoms with Gasteiger partial charge in [-0.15, -0.1) is 5.10 Å². The third-order valence-electron chi connectivity index (χ3n) is 4.77. The number of fused-ring (bicyclic) bond motifs is 1. The van der Waals surface area contributed by atoms with Gasteiger partial charge in [0.1, 0.15) is 0 Å². The molecular weight excluding hydrogens is 318 g/mol. The number of aromatic nitrogens is 4. The van der Waals surface area contributed by atoms with Crippen molar-refractivity contribution >= 4 is 16.8 Å². The number of benzene rings is 1. The molecule has 0 saturated carbocycles. The zero-order valence-electron chi connectivity index (χ0n) is 14.0. The highest BCUT2D eigenvalue weighted by Crippen LogP contribution is 2.23. The number of pyridine rings is 1. The lowest BCUT2D eigenvalue weighted by molar-refractivity contribution is 0.0775. The summed E-state index contributed by atoms with van der Waals surface area (Å²) in [6.45, 7) is 3.16. The Bertz CT molecular complexity index is 931. The van der Waals surface area contributed by atoms with Crippen LogP contribution in [0.2, 0.25) is 0 Å². The van der Waals surface area contributed by atoms with Crippen LogP contribution in [0.4, 0.5) is 0 Å². The van der Waals surface area contributed by atoms with E-state index in [2.05, 4.69) is 15.3 Å². The van der Waals surface area contributed by atoms with E-state index in [-0.39, 0.29) is 18.4 Å². The van der Waals surface area contributed by atoms with Crippen molar-refractivity contribution in [2.24, 2.45) is 5.92 Å². The van der Waals surface area contributed by atoms with Gasteiger partial charge in [-0.25, -0.2) is 4.68 Å². The molecule has 0 spiro atoms. The zero-order chi connectivity index (χ0) is 17.4. The van der Waals surface area contributed by atoms with Crippen LogP contribution in [-0.4, -0.2) is 55.6 Å². The number of amides is 1. The molecule has 128 valence electrons. The molecule has 1 atom stereocenters. The molecule has 0 radical (unpaired) electrons. The van der Waals surface area contributed by atoms with E-state index in [9.17, 15) is 9.90 Å². The van der Waals surface area contributed by atoms with Crippen LogP contribution in [0.1, 0.15) is 22.6 Å². The first-order valence-corrected chi connectivity index (χ1v) is 8.35. The first-order chi connectivity index (χ1) is 12.2. The molecular formula is C18H19N5O2. The van der Waals surface area contributed by atoms with Crippen LogP contribution >= 0.6 is 0 Å². The molecule has 3 aromatic rings. The molecule has 1 aromatic carbocycles. The second kappa shape index (κ2) is 6.25. The number of aliphatic hydroxyl groups is 1. The molecule has 1 saturated heterocycles. The molecule has 25 heavy (non-hydrogen) atoms. The van der Waals surface area contributed by atoms with Gasteiger partial charge in [0.05, 0.1) is 16.9 Å². The average molecular weight is 337 g/mol. The highest BCUT2D eigenvalue weighted by molar-refractivity contribution is 5.94. The molecule has 7 heteroatoms. The maximum atomic E-state index is 12.8. The van der Waals surface area contributed by atoms with Crippen molar-refractivity contribution in [3.63, 3.8) is 0 Å². The van der Waals surface area contributed by atoms with Gasteiger partial charge in [-0.2, -0.15) is 0 Å². The maximum Gasteiger partial charge on any atom is 0.276 e. The van der Waals surface area contributed by atoms with Crippen LogP contribution in [-0.2, 0) is 0 Å². The van der Waals surface area contributed by atoms with Gasteiger partial charge in [0.25, 0.3) is 5.91 Å². The van der Waals surface area contributed by atoms with Gasteiger partial charge < -0.3 is 10.0 Å². The second-order valence-corrected chi connectivity index (χ2v) is 6.38. The van der Waals surface area contributed by atoms with E-state index in [0.29, 0.717) is 24.5 Å². The first kappa shape index (κ1) is 15.7. The fraction of sp³-hybridized carbons (Fsp3) is 0.333. The Hall–Kier alpha value is -2.80. The van der Waals surface area contributed by atoms with Gasteiger partial charge in [0, 0.05) is 37.2 Å². The van der Waals surface area contributed by atoms with Crippen LogP contribution < -0.4 is 0 Å². The Labute approximate surface area is 144 Å².